The van der Waals surface area contributed by atoms with Crippen molar-refractivity contribution in [1.29, 1.82) is 0 Å². The number of hydrogen-bond acceptors (Lipinski definition) is 3. The first-order chi connectivity index (χ1) is 7.08. The van der Waals surface area contributed by atoms with E-state index in [1.54, 1.807) is 6.08 Å². The van der Waals surface area contributed by atoms with Gasteiger partial charge in [0.2, 0.25) is 0 Å². The number of rotatable bonds is 4. The minimum atomic E-state index is -0.913. The van der Waals surface area contributed by atoms with E-state index in [1.807, 2.05) is 26.0 Å². The topological polar surface area (TPSA) is 50.2 Å². The van der Waals surface area contributed by atoms with E-state index in [4.69, 9.17) is 5.11 Å². The van der Waals surface area contributed by atoms with Crippen LogP contribution in [0.15, 0.2) is 29.3 Å². The predicted molar refractivity (Wildman–Crippen MR) is 61.2 cm³/mol. The van der Waals surface area contributed by atoms with E-state index in [0.717, 1.165) is 16.8 Å². The SMILES string of the molecule is Cc1cc(C)nc(SC/C=C/C(=O)O)c1. The van der Waals surface area contributed by atoms with Crippen molar-refractivity contribution >= 4 is 17.7 Å². The molecule has 0 unspecified atom stereocenters. The molecule has 0 spiro atoms. The zero-order valence-corrected chi connectivity index (χ0v) is 9.54. The second kappa shape index (κ2) is 5.56. The molecule has 1 N–H and O–H groups in total. The number of pyridine rings is 1. The lowest BCUT2D eigenvalue weighted by Gasteiger charge is -2.01. The number of thioether (sulfide) groups is 1. The molecule has 0 aliphatic rings. The van der Waals surface area contributed by atoms with Gasteiger partial charge >= 0.3 is 5.97 Å². The lowest BCUT2D eigenvalue weighted by atomic mass is 10.3. The lowest BCUT2D eigenvalue weighted by molar-refractivity contribution is -0.131. The van der Waals surface area contributed by atoms with Crippen molar-refractivity contribution in [3.05, 3.63) is 35.5 Å². The van der Waals surface area contributed by atoms with Gasteiger partial charge in [0.1, 0.15) is 0 Å². The molecule has 1 aromatic rings. The fourth-order valence-corrected chi connectivity index (χ4v) is 2.00. The molecule has 0 aliphatic heterocycles. The fraction of sp³-hybridized carbons (Fsp3) is 0.273. The normalized spacial score (nSPS) is 10.8. The molecule has 1 rings (SSSR count). The Morgan fingerprint density at radius 3 is 2.87 bits per heavy atom. The van der Waals surface area contributed by atoms with Crippen LogP contribution < -0.4 is 0 Å². The summed E-state index contributed by atoms with van der Waals surface area (Å²) in [6.07, 6.45) is 2.77. The average Bonchev–Trinajstić information content (AvgIpc) is 2.10. The Bertz CT molecular complexity index is 368. The minimum absolute atomic E-state index is 0.627. The van der Waals surface area contributed by atoms with Crippen molar-refractivity contribution in [2.24, 2.45) is 0 Å². The second-order valence-electron chi connectivity index (χ2n) is 3.18. The van der Waals surface area contributed by atoms with E-state index < -0.39 is 5.97 Å². The van der Waals surface area contributed by atoms with E-state index in [-0.39, 0.29) is 0 Å². The van der Waals surface area contributed by atoms with Gasteiger partial charge in [-0.15, -0.1) is 11.8 Å². The standard InChI is InChI=1S/C11H13NO2S/c1-8-6-9(2)12-10(7-8)15-5-3-4-11(13)14/h3-4,6-7H,5H2,1-2H3,(H,13,14)/b4-3+. The minimum Gasteiger partial charge on any atom is -0.478 e. The number of hydrogen-bond donors (Lipinski definition) is 1. The first kappa shape index (κ1) is 11.8. The van der Waals surface area contributed by atoms with Crippen molar-refractivity contribution in [3.63, 3.8) is 0 Å². The number of aliphatic carboxylic acids is 1. The smallest absolute Gasteiger partial charge is 0.328 e. The zero-order chi connectivity index (χ0) is 11.3. The van der Waals surface area contributed by atoms with Gasteiger partial charge in [-0.2, -0.15) is 0 Å². The van der Waals surface area contributed by atoms with Crippen LogP contribution in [0.1, 0.15) is 11.3 Å². The lowest BCUT2D eigenvalue weighted by Crippen LogP contribution is -1.89. The molecule has 15 heavy (non-hydrogen) atoms. The molecular formula is C11H13NO2S. The van der Waals surface area contributed by atoms with Gasteiger partial charge in [0.25, 0.3) is 0 Å². The molecule has 0 aromatic carbocycles. The predicted octanol–water partition coefficient (Wildman–Crippen LogP) is 2.43. The summed E-state index contributed by atoms with van der Waals surface area (Å²) < 4.78 is 0. The summed E-state index contributed by atoms with van der Waals surface area (Å²) in [5.74, 6) is -0.286. The van der Waals surface area contributed by atoms with Gasteiger partial charge in [-0.25, -0.2) is 9.78 Å². The van der Waals surface area contributed by atoms with E-state index in [9.17, 15) is 4.79 Å². The quantitative estimate of drug-likeness (QED) is 0.629. The maximum Gasteiger partial charge on any atom is 0.328 e. The Kier molecular flexibility index (Phi) is 4.37. The summed E-state index contributed by atoms with van der Waals surface area (Å²) in [6, 6.07) is 4.00. The first-order valence-electron chi connectivity index (χ1n) is 4.55. The highest BCUT2D eigenvalue weighted by Crippen LogP contribution is 2.17. The van der Waals surface area contributed by atoms with Gasteiger partial charge in [0.05, 0.1) is 5.03 Å². The highest BCUT2D eigenvalue weighted by Gasteiger charge is 1.97. The summed E-state index contributed by atoms with van der Waals surface area (Å²) in [4.78, 5) is 14.5. The molecule has 0 fully saturated rings. The van der Waals surface area contributed by atoms with Gasteiger partial charge < -0.3 is 5.11 Å². The Balaban J connectivity index is 2.54. The van der Waals surface area contributed by atoms with E-state index in [2.05, 4.69) is 4.98 Å². The molecule has 1 aromatic heterocycles. The van der Waals surface area contributed by atoms with Crippen molar-refractivity contribution in [2.45, 2.75) is 18.9 Å². The van der Waals surface area contributed by atoms with Crippen LogP contribution in [0.25, 0.3) is 0 Å². The molecule has 80 valence electrons. The molecule has 0 bridgehead atoms. The van der Waals surface area contributed by atoms with Gasteiger partial charge in [-0.05, 0) is 31.5 Å². The number of nitrogens with zero attached hydrogens (tertiary/aromatic N) is 1. The van der Waals surface area contributed by atoms with Crippen LogP contribution in [0.4, 0.5) is 0 Å². The molecule has 1 heterocycles. The number of carboxylic acids is 1. The largest absolute Gasteiger partial charge is 0.478 e. The zero-order valence-electron chi connectivity index (χ0n) is 8.73. The van der Waals surface area contributed by atoms with Crippen LogP contribution >= 0.6 is 11.8 Å². The number of aromatic nitrogens is 1. The van der Waals surface area contributed by atoms with Gasteiger partial charge in [0.15, 0.2) is 0 Å². The molecule has 4 heteroatoms. The summed E-state index contributed by atoms with van der Waals surface area (Å²) in [6.45, 7) is 3.97. The summed E-state index contributed by atoms with van der Waals surface area (Å²) in [5, 5.41) is 9.32. The summed E-state index contributed by atoms with van der Waals surface area (Å²) >= 11 is 1.53. The average molecular weight is 223 g/mol. The van der Waals surface area contributed by atoms with Crippen molar-refractivity contribution in [3.8, 4) is 0 Å². The Hall–Kier alpha value is -1.29. The molecular weight excluding hydrogens is 210 g/mol. The Labute approximate surface area is 93.2 Å². The maximum atomic E-state index is 10.2. The Morgan fingerprint density at radius 1 is 1.53 bits per heavy atom. The van der Waals surface area contributed by atoms with Crippen LogP contribution in [0.5, 0.6) is 0 Å². The number of aryl methyl sites for hydroxylation is 2. The fourth-order valence-electron chi connectivity index (χ4n) is 1.16. The third-order valence-corrected chi connectivity index (χ3v) is 2.53. The second-order valence-corrected chi connectivity index (χ2v) is 4.22. The van der Waals surface area contributed by atoms with Crippen LogP contribution in [-0.2, 0) is 4.79 Å². The van der Waals surface area contributed by atoms with Gasteiger partial charge in [-0.3, -0.25) is 0 Å². The molecule has 3 nitrogen and oxygen atoms in total. The maximum absolute atomic E-state index is 10.2. The highest BCUT2D eigenvalue weighted by molar-refractivity contribution is 7.99. The van der Waals surface area contributed by atoms with E-state index >= 15 is 0 Å². The van der Waals surface area contributed by atoms with Crippen LogP contribution in [-0.4, -0.2) is 21.8 Å². The molecule has 0 saturated heterocycles. The van der Waals surface area contributed by atoms with Crippen LogP contribution in [0.3, 0.4) is 0 Å². The van der Waals surface area contributed by atoms with Crippen molar-refractivity contribution in [2.75, 3.05) is 5.75 Å². The highest BCUT2D eigenvalue weighted by atomic mass is 32.2. The van der Waals surface area contributed by atoms with Gasteiger partial charge in [0, 0.05) is 17.5 Å². The molecule has 0 radical (unpaired) electrons. The Morgan fingerprint density at radius 2 is 2.27 bits per heavy atom. The molecule has 0 amide bonds. The summed E-state index contributed by atoms with van der Waals surface area (Å²) in [5.41, 5.74) is 2.16. The molecule has 0 atom stereocenters. The van der Waals surface area contributed by atoms with Gasteiger partial charge in [-0.1, -0.05) is 6.08 Å². The first-order valence-corrected chi connectivity index (χ1v) is 5.54. The monoisotopic (exact) mass is 223 g/mol. The molecule has 0 aliphatic carbocycles. The van der Waals surface area contributed by atoms with Crippen molar-refractivity contribution in [1.82, 2.24) is 4.98 Å². The van der Waals surface area contributed by atoms with E-state index in [1.165, 1.54) is 17.3 Å². The van der Waals surface area contributed by atoms with Crippen LogP contribution in [0, 0.1) is 13.8 Å². The third kappa shape index (κ3) is 4.65. The van der Waals surface area contributed by atoms with Crippen molar-refractivity contribution < 1.29 is 9.90 Å². The van der Waals surface area contributed by atoms with Crippen LogP contribution in [0.2, 0.25) is 0 Å². The summed E-state index contributed by atoms with van der Waals surface area (Å²) in [7, 11) is 0. The molecule has 0 saturated carbocycles. The number of carbonyl (C=O) groups is 1. The number of carboxylic acid groups (broad SMARTS) is 1. The third-order valence-electron chi connectivity index (χ3n) is 1.66. The van der Waals surface area contributed by atoms with E-state index in [0.29, 0.717) is 5.75 Å².